The summed E-state index contributed by atoms with van der Waals surface area (Å²) < 4.78 is 0. The monoisotopic (exact) mass is 242 g/mol. The SMILES string of the molecule is C/C=C(\C=C/CC)c1ccc([C@H](C)CCC)cc1. The van der Waals surface area contributed by atoms with Gasteiger partial charge in [-0.3, -0.25) is 0 Å². The molecule has 0 amide bonds. The smallest absolute Gasteiger partial charge is 0.0187 e. The van der Waals surface area contributed by atoms with Gasteiger partial charge in [-0.25, -0.2) is 0 Å². The summed E-state index contributed by atoms with van der Waals surface area (Å²) in [5, 5.41) is 0. The zero-order valence-corrected chi connectivity index (χ0v) is 12.2. The maximum atomic E-state index is 2.31. The van der Waals surface area contributed by atoms with Gasteiger partial charge in [0.15, 0.2) is 0 Å². The molecule has 0 N–H and O–H groups in total. The van der Waals surface area contributed by atoms with Crippen molar-refractivity contribution in [3.05, 3.63) is 53.6 Å². The number of allylic oxidation sites excluding steroid dienone is 4. The summed E-state index contributed by atoms with van der Waals surface area (Å²) in [5.41, 5.74) is 4.08. The summed E-state index contributed by atoms with van der Waals surface area (Å²) in [5.74, 6) is 0.671. The van der Waals surface area contributed by atoms with Crippen molar-refractivity contribution in [1.82, 2.24) is 0 Å². The minimum Gasteiger partial charge on any atom is -0.0842 e. The molecule has 0 aliphatic heterocycles. The van der Waals surface area contributed by atoms with Gasteiger partial charge in [-0.05, 0) is 42.4 Å². The molecule has 0 bridgehead atoms. The third-order valence-corrected chi connectivity index (χ3v) is 3.38. The highest BCUT2D eigenvalue weighted by molar-refractivity contribution is 5.73. The van der Waals surface area contributed by atoms with Crippen LogP contribution in [0.3, 0.4) is 0 Å². The quantitative estimate of drug-likeness (QED) is 0.540. The second-order valence-electron chi connectivity index (χ2n) is 4.87. The first-order chi connectivity index (χ1) is 8.72. The fraction of sp³-hybridized carbons (Fsp3) is 0.444. The van der Waals surface area contributed by atoms with Crippen molar-refractivity contribution in [3.8, 4) is 0 Å². The van der Waals surface area contributed by atoms with Gasteiger partial charge in [0.2, 0.25) is 0 Å². The summed E-state index contributed by atoms with van der Waals surface area (Å²) in [6.45, 7) is 8.83. The Hall–Kier alpha value is -1.30. The van der Waals surface area contributed by atoms with Crippen LogP contribution >= 0.6 is 0 Å². The second-order valence-corrected chi connectivity index (χ2v) is 4.87. The molecule has 0 aliphatic rings. The molecule has 0 heteroatoms. The number of rotatable bonds is 6. The summed E-state index contributed by atoms with van der Waals surface area (Å²) in [6, 6.07) is 9.05. The summed E-state index contributed by atoms with van der Waals surface area (Å²) in [7, 11) is 0. The van der Waals surface area contributed by atoms with Gasteiger partial charge in [-0.15, -0.1) is 0 Å². The summed E-state index contributed by atoms with van der Waals surface area (Å²) in [6.07, 6.45) is 10.2. The molecule has 0 aromatic heterocycles. The molecule has 98 valence electrons. The highest BCUT2D eigenvalue weighted by Crippen LogP contribution is 2.23. The number of benzene rings is 1. The Morgan fingerprint density at radius 3 is 2.33 bits per heavy atom. The fourth-order valence-corrected chi connectivity index (χ4v) is 2.21. The van der Waals surface area contributed by atoms with Crippen LogP contribution in [0.5, 0.6) is 0 Å². The first-order valence-corrected chi connectivity index (χ1v) is 7.16. The van der Waals surface area contributed by atoms with E-state index in [1.165, 1.54) is 29.5 Å². The Balaban J connectivity index is 2.84. The Labute approximate surface area is 112 Å². The highest BCUT2D eigenvalue weighted by atomic mass is 14.1. The lowest BCUT2D eigenvalue weighted by atomic mass is 9.94. The van der Waals surface area contributed by atoms with E-state index < -0.39 is 0 Å². The predicted molar refractivity (Wildman–Crippen MR) is 82.8 cm³/mol. The fourth-order valence-electron chi connectivity index (χ4n) is 2.21. The van der Waals surface area contributed by atoms with Crippen molar-refractivity contribution in [2.45, 2.75) is 52.9 Å². The Morgan fingerprint density at radius 2 is 1.83 bits per heavy atom. The van der Waals surface area contributed by atoms with Gasteiger partial charge in [-0.2, -0.15) is 0 Å². The molecule has 0 unspecified atom stereocenters. The lowest BCUT2D eigenvalue weighted by Crippen LogP contribution is -1.93. The van der Waals surface area contributed by atoms with Gasteiger partial charge < -0.3 is 0 Å². The van der Waals surface area contributed by atoms with Crippen LogP contribution in [-0.2, 0) is 0 Å². The molecule has 0 nitrogen and oxygen atoms in total. The summed E-state index contributed by atoms with van der Waals surface area (Å²) >= 11 is 0. The average Bonchev–Trinajstić information content (AvgIpc) is 2.40. The standard InChI is InChI=1S/C18H26/c1-5-8-10-16(7-3)18-13-11-17(12-14-18)15(4)9-6-2/h7-8,10-15H,5-6,9H2,1-4H3/b10-8-,16-7+/t15-/m1/s1. The Morgan fingerprint density at radius 1 is 1.17 bits per heavy atom. The van der Waals surface area contributed by atoms with Crippen LogP contribution < -0.4 is 0 Å². The minimum atomic E-state index is 0.671. The molecule has 1 atom stereocenters. The van der Waals surface area contributed by atoms with Crippen LogP contribution in [0.2, 0.25) is 0 Å². The molecule has 0 saturated carbocycles. The van der Waals surface area contributed by atoms with Gasteiger partial charge >= 0.3 is 0 Å². The zero-order valence-electron chi connectivity index (χ0n) is 12.2. The lowest BCUT2D eigenvalue weighted by Gasteiger charge is -2.11. The van der Waals surface area contributed by atoms with Crippen LogP contribution in [0.25, 0.3) is 5.57 Å². The van der Waals surface area contributed by atoms with Crippen LogP contribution in [0.1, 0.15) is 64.0 Å². The average molecular weight is 242 g/mol. The van der Waals surface area contributed by atoms with Crippen molar-refractivity contribution in [2.24, 2.45) is 0 Å². The van der Waals surface area contributed by atoms with Crippen LogP contribution in [0.4, 0.5) is 0 Å². The molecule has 1 aromatic carbocycles. The molecule has 0 aliphatic carbocycles. The first kappa shape index (κ1) is 14.8. The molecular formula is C18H26. The maximum Gasteiger partial charge on any atom is -0.0187 e. The second kappa shape index (κ2) is 7.92. The van der Waals surface area contributed by atoms with E-state index in [1.54, 1.807) is 0 Å². The van der Waals surface area contributed by atoms with E-state index in [-0.39, 0.29) is 0 Å². The van der Waals surface area contributed by atoms with Crippen molar-refractivity contribution >= 4 is 5.57 Å². The molecule has 0 spiro atoms. The first-order valence-electron chi connectivity index (χ1n) is 7.16. The van der Waals surface area contributed by atoms with E-state index in [0.29, 0.717) is 5.92 Å². The molecular weight excluding hydrogens is 216 g/mol. The number of hydrogen-bond donors (Lipinski definition) is 0. The Bertz CT molecular complexity index is 393. The van der Waals surface area contributed by atoms with Crippen molar-refractivity contribution in [2.75, 3.05) is 0 Å². The molecule has 1 rings (SSSR count). The topological polar surface area (TPSA) is 0 Å². The van der Waals surface area contributed by atoms with Crippen LogP contribution in [0, 0.1) is 0 Å². The van der Waals surface area contributed by atoms with Gasteiger partial charge in [-0.1, -0.05) is 69.7 Å². The normalized spacial score (nSPS) is 14.1. The highest BCUT2D eigenvalue weighted by Gasteiger charge is 2.04. The van der Waals surface area contributed by atoms with E-state index in [9.17, 15) is 0 Å². The Kier molecular flexibility index (Phi) is 6.49. The van der Waals surface area contributed by atoms with E-state index in [0.717, 1.165) is 6.42 Å². The van der Waals surface area contributed by atoms with E-state index in [1.807, 2.05) is 0 Å². The van der Waals surface area contributed by atoms with E-state index in [2.05, 4.69) is 70.2 Å². The van der Waals surface area contributed by atoms with Gasteiger partial charge in [0.05, 0.1) is 0 Å². The number of hydrogen-bond acceptors (Lipinski definition) is 0. The van der Waals surface area contributed by atoms with Crippen LogP contribution in [0.15, 0.2) is 42.5 Å². The maximum absolute atomic E-state index is 2.31. The largest absolute Gasteiger partial charge is 0.0842 e. The van der Waals surface area contributed by atoms with Gasteiger partial charge in [0.25, 0.3) is 0 Å². The van der Waals surface area contributed by atoms with E-state index >= 15 is 0 Å². The van der Waals surface area contributed by atoms with Crippen LogP contribution in [-0.4, -0.2) is 0 Å². The zero-order chi connectivity index (χ0) is 13.4. The molecule has 0 saturated heterocycles. The molecule has 0 heterocycles. The predicted octanol–water partition coefficient (Wildman–Crippen LogP) is 5.96. The van der Waals surface area contributed by atoms with E-state index in [4.69, 9.17) is 0 Å². The van der Waals surface area contributed by atoms with Crippen molar-refractivity contribution in [1.29, 1.82) is 0 Å². The third-order valence-electron chi connectivity index (χ3n) is 3.38. The van der Waals surface area contributed by atoms with Crippen molar-refractivity contribution < 1.29 is 0 Å². The van der Waals surface area contributed by atoms with Gasteiger partial charge in [0.1, 0.15) is 0 Å². The lowest BCUT2D eigenvalue weighted by molar-refractivity contribution is 0.665. The van der Waals surface area contributed by atoms with Crippen molar-refractivity contribution in [3.63, 3.8) is 0 Å². The molecule has 0 fully saturated rings. The molecule has 1 aromatic rings. The third kappa shape index (κ3) is 4.18. The molecule has 18 heavy (non-hydrogen) atoms. The molecule has 0 radical (unpaired) electrons. The summed E-state index contributed by atoms with van der Waals surface area (Å²) in [4.78, 5) is 0. The minimum absolute atomic E-state index is 0.671. The van der Waals surface area contributed by atoms with Gasteiger partial charge in [0, 0.05) is 0 Å².